The zero-order valence-electron chi connectivity index (χ0n) is 14.7. The van der Waals surface area contributed by atoms with Gasteiger partial charge < -0.3 is 10.2 Å². The van der Waals surface area contributed by atoms with Crippen molar-refractivity contribution in [2.24, 2.45) is 0 Å². The standard InChI is InChI=1S/C18H30N4O/c1-4-10-21(14-16-7-5-9-19-12-16)18(23)20-13-17-8-6-11-22(17)15(2)3/h5,7,9,12,15,17H,4,6,8,10-11,13-14H2,1-3H3,(H,20,23)/t17-/m1/s1. The summed E-state index contributed by atoms with van der Waals surface area (Å²) < 4.78 is 0. The summed E-state index contributed by atoms with van der Waals surface area (Å²) in [6.45, 7) is 9.82. The van der Waals surface area contributed by atoms with Gasteiger partial charge in [0.2, 0.25) is 0 Å². The molecule has 1 aliphatic rings. The molecule has 128 valence electrons. The largest absolute Gasteiger partial charge is 0.336 e. The van der Waals surface area contributed by atoms with E-state index in [2.05, 4.69) is 36.0 Å². The fraction of sp³-hybridized carbons (Fsp3) is 0.667. The Morgan fingerprint density at radius 2 is 2.35 bits per heavy atom. The summed E-state index contributed by atoms with van der Waals surface area (Å²) in [6, 6.07) is 4.98. The van der Waals surface area contributed by atoms with Crippen molar-refractivity contribution in [2.75, 3.05) is 19.6 Å². The van der Waals surface area contributed by atoms with E-state index >= 15 is 0 Å². The van der Waals surface area contributed by atoms with E-state index in [1.54, 1.807) is 6.20 Å². The highest BCUT2D eigenvalue weighted by atomic mass is 16.2. The van der Waals surface area contributed by atoms with Gasteiger partial charge in [0.15, 0.2) is 0 Å². The molecule has 5 nitrogen and oxygen atoms in total. The van der Waals surface area contributed by atoms with E-state index in [4.69, 9.17) is 0 Å². The van der Waals surface area contributed by atoms with Gasteiger partial charge >= 0.3 is 6.03 Å². The third kappa shape index (κ3) is 5.20. The second kappa shape index (κ2) is 8.87. The number of hydrogen-bond donors (Lipinski definition) is 1. The first-order chi connectivity index (χ1) is 11.1. The molecule has 0 radical (unpaired) electrons. The molecule has 1 aromatic heterocycles. The first-order valence-corrected chi connectivity index (χ1v) is 8.79. The third-order valence-corrected chi connectivity index (χ3v) is 4.45. The zero-order valence-corrected chi connectivity index (χ0v) is 14.7. The Kier molecular flexibility index (Phi) is 6.84. The van der Waals surface area contributed by atoms with E-state index in [0.717, 1.165) is 31.6 Å². The Balaban J connectivity index is 1.88. The first-order valence-electron chi connectivity index (χ1n) is 8.79. The van der Waals surface area contributed by atoms with Gasteiger partial charge in [0.1, 0.15) is 0 Å². The van der Waals surface area contributed by atoms with Gasteiger partial charge in [0, 0.05) is 44.1 Å². The lowest BCUT2D eigenvalue weighted by atomic mass is 10.2. The summed E-state index contributed by atoms with van der Waals surface area (Å²) in [6.07, 6.45) is 6.94. The first kappa shape index (κ1) is 17.7. The molecule has 23 heavy (non-hydrogen) atoms. The van der Waals surface area contributed by atoms with Crippen LogP contribution in [0.3, 0.4) is 0 Å². The highest BCUT2D eigenvalue weighted by Crippen LogP contribution is 2.19. The van der Waals surface area contributed by atoms with E-state index in [1.807, 2.05) is 23.2 Å². The molecule has 1 atom stereocenters. The minimum absolute atomic E-state index is 0.0336. The number of carbonyl (C=O) groups is 1. The highest BCUT2D eigenvalue weighted by Gasteiger charge is 2.27. The van der Waals surface area contributed by atoms with Crippen molar-refractivity contribution in [3.05, 3.63) is 30.1 Å². The van der Waals surface area contributed by atoms with Crippen molar-refractivity contribution in [3.8, 4) is 0 Å². The second-order valence-electron chi connectivity index (χ2n) is 6.60. The van der Waals surface area contributed by atoms with Crippen LogP contribution >= 0.6 is 0 Å². The highest BCUT2D eigenvalue weighted by molar-refractivity contribution is 5.74. The van der Waals surface area contributed by atoms with Crippen molar-refractivity contribution < 1.29 is 4.79 Å². The predicted molar refractivity (Wildman–Crippen MR) is 93.2 cm³/mol. The lowest BCUT2D eigenvalue weighted by molar-refractivity contribution is 0.177. The average Bonchev–Trinajstić information content (AvgIpc) is 3.02. The molecule has 5 heteroatoms. The normalized spacial score (nSPS) is 18.3. The van der Waals surface area contributed by atoms with Gasteiger partial charge in [-0.25, -0.2) is 4.79 Å². The minimum atomic E-state index is 0.0336. The summed E-state index contributed by atoms with van der Waals surface area (Å²) in [7, 11) is 0. The molecule has 1 aromatic rings. The quantitative estimate of drug-likeness (QED) is 0.841. The van der Waals surface area contributed by atoms with E-state index in [9.17, 15) is 4.79 Å². The summed E-state index contributed by atoms with van der Waals surface area (Å²) in [5.74, 6) is 0. The van der Waals surface area contributed by atoms with E-state index in [-0.39, 0.29) is 6.03 Å². The molecule has 0 aromatic carbocycles. The van der Waals surface area contributed by atoms with E-state index in [1.165, 1.54) is 12.8 Å². The molecule has 1 N–H and O–H groups in total. The van der Waals surface area contributed by atoms with Crippen LogP contribution in [0.1, 0.15) is 45.6 Å². The van der Waals surface area contributed by atoms with Gasteiger partial charge in [-0.3, -0.25) is 9.88 Å². The smallest absolute Gasteiger partial charge is 0.317 e. The zero-order chi connectivity index (χ0) is 16.7. The molecule has 2 rings (SSSR count). The number of urea groups is 1. The maximum atomic E-state index is 12.5. The van der Waals surface area contributed by atoms with E-state index in [0.29, 0.717) is 18.6 Å². The Hall–Kier alpha value is -1.62. The number of rotatable bonds is 7. The lowest BCUT2D eigenvalue weighted by Crippen LogP contribution is -2.47. The molecule has 0 bridgehead atoms. The van der Waals surface area contributed by atoms with Crippen LogP contribution < -0.4 is 5.32 Å². The molecule has 2 heterocycles. The van der Waals surface area contributed by atoms with Crippen LogP contribution in [0.4, 0.5) is 4.79 Å². The number of nitrogens with zero attached hydrogens (tertiary/aromatic N) is 3. The Bertz CT molecular complexity index is 477. The van der Waals surface area contributed by atoms with Gasteiger partial charge in [-0.2, -0.15) is 0 Å². The van der Waals surface area contributed by atoms with E-state index < -0.39 is 0 Å². The van der Waals surface area contributed by atoms with Gasteiger partial charge in [-0.1, -0.05) is 13.0 Å². The monoisotopic (exact) mass is 318 g/mol. The topological polar surface area (TPSA) is 48.5 Å². The van der Waals surface area contributed by atoms with Crippen molar-refractivity contribution in [2.45, 2.75) is 58.7 Å². The number of hydrogen-bond acceptors (Lipinski definition) is 3. The predicted octanol–water partition coefficient (Wildman–Crippen LogP) is 2.88. The van der Waals surface area contributed by atoms with Crippen LogP contribution in [0.2, 0.25) is 0 Å². The Labute approximate surface area is 140 Å². The average molecular weight is 318 g/mol. The van der Waals surface area contributed by atoms with Crippen molar-refractivity contribution in [1.82, 2.24) is 20.1 Å². The number of nitrogens with one attached hydrogen (secondary N) is 1. The van der Waals surface area contributed by atoms with Crippen LogP contribution in [0.15, 0.2) is 24.5 Å². The SMILES string of the molecule is CCCN(Cc1cccnc1)C(=O)NC[C@H]1CCCN1C(C)C. The van der Waals surface area contributed by atoms with Crippen LogP contribution in [0.5, 0.6) is 0 Å². The third-order valence-electron chi connectivity index (χ3n) is 4.45. The minimum Gasteiger partial charge on any atom is -0.336 e. The van der Waals surface area contributed by atoms with Crippen LogP contribution in [0, 0.1) is 0 Å². The lowest BCUT2D eigenvalue weighted by Gasteiger charge is -2.29. The molecule has 0 aliphatic carbocycles. The number of carbonyl (C=O) groups excluding carboxylic acids is 1. The Morgan fingerprint density at radius 1 is 1.52 bits per heavy atom. The molecule has 2 amide bonds. The molecular weight excluding hydrogens is 288 g/mol. The van der Waals surface area contributed by atoms with Crippen LogP contribution in [-0.4, -0.2) is 52.5 Å². The molecular formula is C18H30N4O. The van der Waals surface area contributed by atoms with Crippen LogP contribution in [-0.2, 0) is 6.54 Å². The van der Waals surface area contributed by atoms with Crippen LogP contribution in [0.25, 0.3) is 0 Å². The van der Waals surface area contributed by atoms with Crippen molar-refractivity contribution >= 4 is 6.03 Å². The molecule has 1 aliphatic heterocycles. The molecule has 1 saturated heterocycles. The van der Waals surface area contributed by atoms with Crippen molar-refractivity contribution in [1.29, 1.82) is 0 Å². The second-order valence-corrected chi connectivity index (χ2v) is 6.60. The Morgan fingerprint density at radius 3 is 3.00 bits per heavy atom. The summed E-state index contributed by atoms with van der Waals surface area (Å²) in [5, 5.41) is 3.14. The number of aromatic nitrogens is 1. The maximum absolute atomic E-state index is 12.5. The summed E-state index contributed by atoms with van der Waals surface area (Å²) in [4.78, 5) is 21.0. The van der Waals surface area contributed by atoms with Gasteiger partial charge in [-0.05, 0) is 51.3 Å². The fourth-order valence-corrected chi connectivity index (χ4v) is 3.31. The maximum Gasteiger partial charge on any atom is 0.317 e. The number of likely N-dealkylation sites (tertiary alicyclic amines) is 1. The van der Waals surface area contributed by atoms with Gasteiger partial charge in [0.25, 0.3) is 0 Å². The number of amides is 2. The number of pyridine rings is 1. The summed E-state index contributed by atoms with van der Waals surface area (Å²) in [5.41, 5.74) is 1.07. The summed E-state index contributed by atoms with van der Waals surface area (Å²) >= 11 is 0. The molecule has 0 unspecified atom stereocenters. The van der Waals surface area contributed by atoms with Gasteiger partial charge in [-0.15, -0.1) is 0 Å². The van der Waals surface area contributed by atoms with Gasteiger partial charge in [0.05, 0.1) is 0 Å². The molecule has 0 spiro atoms. The fourth-order valence-electron chi connectivity index (χ4n) is 3.31. The molecule has 0 saturated carbocycles. The molecule has 1 fully saturated rings. The van der Waals surface area contributed by atoms with Crippen molar-refractivity contribution in [3.63, 3.8) is 0 Å².